The number of aromatic nitrogens is 2. The van der Waals surface area contributed by atoms with E-state index in [1.165, 1.54) is 6.92 Å². The molecule has 6 heteroatoms. The summed E-state index contributed by atoms with van der Waals surface area (Å²) in [5.74, 6) is 0.657. The fourth-order valence-corrected chi connectivity index (χ4v) is 3.63. The van der Waals surface area contributed by atoms with Gasteiger partial charge in [0.1, 0.15) is 11.6 Å². The molecule has 3 aromatic carbocycles. The Hall–Kier alpha value is -3.64. The van der Waals surface area contributed by atoms with Crippen molar-refractivity contribution >= 4 is 40.8 Å². The van der Waals surface area contributed by atoms with Crippen molar-refractivity contribution in [3.8, 4) is 11.4 Å². The third-order valence-corrected chi connectivity index (χ3v) is 5.44. The van der Waals surface area contributed by atoms with Gasteiger partial charge in [0.25, 0.3) is 5.56 Å². The van der Waals surface area contributed by atoms with Gasteiger partial charge in [-0.3, -0.25) is 14.2 Å². The molecule has 0 bridgehead atoms. The molecule has 1 heterocycles. The molecule has 0 aliphatic heterocycles. The maximum Gasteiger partial charge on any atom is 0.308 e. The fourth-order valence-electron chi connectivity index (χ4n) is 3.23. The summed E-state index contributed by atoms with van der Waals surface area (Å²) in [7, 11) is 0. The standard InChI is InChI=1S/C25H20N2O3S/c1-17(28)30-20-12-7-18(8-13-20)9-16-24-26-23-6-4-3-5-22(23)25(29)27(24)19-10-14-21(31-2)15-11-19/h3-16H,1-2H3/b16-9+. The van der Waals surface area contributed by atoms with E-state index in [1.54, 1.807) is 34.5 Å². The molecule has 0 fully saturated rings. The van der Waals surface area contributed by atoms with Crippen LogP contribution in [0.5, 0.6) is 5.75 Å². The van der Waals surface area contributed by atoms with Gasteiger partial charge in [0.2, 0.25) is 0 Å². The molecular weight excluding hydrogens is 408 g/mol. The van der Waals surface area contributed by atoms with Crippen LogP contribution in [0.25, 0.3) is 28.7 Å². The summed E-state index contributed by atoms with van der Waals surface area (Å²) in [5, 5.41) is 0.569. The van der Waals surface area contributed by atoms with E-state index in [1.807, 2.05) is 73.0 Å². The van der Waals surface area contributed by atoms with Gasteiger partial charge in [0.05, 0.1) is 16.6 Å². The Balaban J connectivity index is 1.79. The topological polar surface area (TPSA) is 61.2 Å². The van der Waals surface area contributed by atoms with Gasteiger partial charge in [-0.25, -0.2) is 4.98 Å². The Morgan fingerprint density at radius 3 is 2.35 bits per heavy atom. The first-order valence-electron chi connectivity index (χ1n) is 9.68. The van der Waals surface area contributed by atoms with Gasteiger partial charge in [0.15, 0.2) is 0 Å². The molecule has 1 aromatic heterocycles. The number of hydrogen-bond donors (Lipinski definition) is 0. The van der Waals surface area contributed by atoms with Crippen LogP contribution in [0.3, 0.4) is 0 Å². The molecule has 0 atom stereocenters. The molecule has 154 valence electrons. The van der Waals surface area contributed by atoms with E-state index in [2.05, 4.69) is 0 Å². The largest absolute Gasteiger partial charge is 0.427 e. The lowest BCUT2D eigenvalue weighted by molar-refractivity contribution is -0.131. The predicted molar refractivity (Wildman–Crippen MR) is 126 cm³/mol. The maximum atomic E-state index is 13.3. The van der Waals surface area contributed by atoms with Crippen molar-refractivity contribution < 1.29 is 9.53 Å². The van der Waals surface area contributed by atoms with Crippen molar-refractivity contribution in [3.63, 3.8) is 0 Å². The minimum Gasteiger partial charge on any atom is -0.427 e. The lowest BCUT2D eigenvalue weighted by Crippen LogP contribution is -2.22. The number of nitrogens with zero attached hydrogens (tertiary/aromatic N) is 2. The molecule has 0 radical (unpaired) electrons. The number of esters is 1. The number of hydrogen-bond acceptors (Lipinski definition) is 5. The molecule has 4 aromatic rings. The van der Waals surface area contributed by atoms with Crippen molar-refractivity contribution in [1.29, 1.82) is 0 Å². The summed E-state index contributed by atoms with van der Waals surface area (Å²) in [5.41, 5.74) is 2.18. The first-order valence-corrected chi connectivity index (χ1v) is 10.9. The molecule has 0 aliphatic rings. The van der Waals surface area contributed by atoms with E-state index in [0.29, 0.717) is 22.5 Å². The molecular formula is C25H20N2O3S. The first-order chi connectivity index (χ1) is 15.0. The lowest BCUT2D eigenvalue weighted by atomic mass is 10.2. The summed E-state index contributed by atoms with van der Waals surface area (Å²) in [4.78, 5) is 30.2. The van der Waals surface area contributed by atoms with Crippen molar-refractivity contribution in [2.24, 2.45) is 0 Å². The van der Waals surface area contributed by atoms with Crippen LogP contribution < -0.4 is 10.3 Å². The van der Waals surface area contributed by atoms with E-state index in [9.17, 15) is 9.59 Å². The smallest absolute Gasteiger partial charge is 0.308 e. The van der Waals surface area contributed by atoms with E-state index in [-0.39, 0.29) is 11.5 Å². The zero-order valence-corrected chi connectivity index (χ0v) is 17.9. The van der Waals surface area contributed by atoms with Crippen LogP contribution in [0.2, 0.25) is 0 Å². The number of fused-ring (bicyclic) bond motifs is 1. The van der Waals surface area contributed by atoms with Gasteiger partial charge in [0, 0.05) is 11.8 Å². The quantitative estimate of drug-likeness (QED) is 0.248. The molecule has 0 unspecified atom stereocenters. The third-order valence-electron chi connectivity index (χ3n) is 4.70. The number of thioether (sulfide) groups is 1. The summed E-state index contributed by atoms with van der Waals surface area (Å²) in [6.07, 6.45) is 5.71. The van der Waals surface area contributed by atoms with Gasteiger partial charge in [-0.15, -0.1) is 11.8 Å². The SMILES string of the molecule is CSc1ccc(-n2c(/C=C/c3ccc(OC(C)=O)cc3)nc3ccccc3c2=O)cc1. The highest BCUT2D eigenvalue weighted by Crippen LogP contribution is 2.20. The molecule has 0 saturated heterocycles. The van der Waals surface area contributed by atoms with E-state index >= 15 is 0 Å². The highest BCUT2D eigenvalue weighted by atomic mass is 32.2. The number of benzene rings is 3. The maximum absolute atomic E-state index is 13.3. The van der Waals surface area contributed by atoms with Crippen LogP contribution in [-0.4, -0.2) is 21.8 Å². The van der Waals surface area contributed by atoms with Crippen LogP contribution >= 0.6 is 11.8 Å². The Morgan fingerprint density at radius 2 is 1.68 bits per heavy atom. The Bertz CT molecular complexity index is 1320. The second kappa shape index (κ2) is 9.02. The van der Waals surface area contributed by atoms with Crippen LogP contribution in [0.4, 0.5) is 0 Å². The highest BCUT2D eigenvalue weighted by Gasteiger charge is 2.11. The minimum atomic E-state index is -0.361. The van der Waals surface area contributed by atoms with Crippen LogP contribution in [0.15, 0.2) is 82.5 Å². The van der Waals surface area contributed by atoms with Crippen LogP contribution in [0.1, 0.15) is 18.3 Å². The van der Waals surface area contributed by atoms with Crippen molar-refractivity contribution in [2.75, 3.05) is 6.26 Å². The first kappa shape index (κ1) is 20.6. The average molecular weight is 429 g/mol. The van der Waals surface area contributed by atoms with Gasteiger partial charge in [-0.1, -0.05) is 30.3 Å². The third kappa shape index (κ3) is 4.59. The van der Waals surface area contributed by atoms with Gasteiger partial charge >= 0.3 is 5.97 Å². The predicted octanol–water partition coefficient (Wildman–Crippen LogP) is 5.20. The van der Waals surface area contributed by atoms with Crippen molar-refractivity contribution in [3.05, 3.63) is 94.5 Å². The molecule has 0 saturated carbocycles. The Labute approximate surface area is 184 Å². The highest BCUT2D eigenvalue weighted by molar-refractivity contribution is 7.98. The molecule has 0 amide bonds. The monoisotopic (exact) mass is 428 g/mol. The number of para-hydroxylation sites is 1. The van der Waals surface area contributed by atoms with Crippen molar-refractivity contribution in [2.45, 2.75) is 11.8 Å². The molecule has 4 rings (SSSR count). The van der Waals surface area contributed by atoms with E-state index < -0.39 is 0 Å². The van der Waals surface area contributed by atoms with Gasteiger partial charge in [-0.05, 0) is 66.4 Å². The lowest BCUT2D eigenvalue weighted by Gasteiger charge is -2.12. The number of ether oxygens (including phenoxy) is 1. The number of carbonyl (C=O) groups excluding carboxylic acids is 1. The van der Waals surface area contributed by atoms with Crippen molar-refractivity contribution in [1.82, 2.24) is 9.55 Å². The fraction of sp³-hybridized carbons (Fsp3) is 0.0800. The van der Waals surface area contributed by atoms with E-state index in [4.69, 9.17) is 9.72 Å². The number of rotatable bonds is 5. The normalized spacial score (nSPS) is 11.2. The Morgan fingerprint density at radius 1 is 0.968 bits per heavy atom. The molecule has 0 spiro atoms. The van der Waals surface area contributed by atoms with Gasteiger partial charge < -0.3 is 4.74 Å². The second-order valence-electron chi connectivity index (χ2n) is 6.82. The summed E-state index contributed by atoms with van der Waals surface area (Å²) >= 11 is 1.65. The molecule has 0 N–H and O–H groups in total. The van der Waals surface area contributed by atoms with Gasteiger partial charge in [-0.2, -0.15) is 0 Å². The summed E-state index contributed by atoms with van der Waals surface area (Å²) in [6.45, 7) is 1.37. The molecule has 31 heavy (non-hydrogen) atoms. The summed E-state index contributed by atoms with van der Waals surface area (Å²) < 4.78 is 6.69. The zero-order chi connectivity index (χ0) is 21.8. The number of carbonyl (C=O) groups is 1. The zero-order valence-electron chi connectivity index (χ0n) is 17.1. The molecule has 0 aliphatic carbocycles. The molecule has 5 nitrogen and oxygen atoms in total. The Kier molecular flexibility index (Phi) is 6.00. The minimum absolute atomic E-state index is 0.118. The average Bonchev–Trinajstić information content (AvgIpc) is 2.78. The summed E-state index contributed by atoms with van der Waals surface area (Å²) in [6, 6.07) is 22.3. The second-order valence-corrected chi connectivity index (χ2v) is 7.70. The van der Waals surface area contributed by atoms with E-state index in [0.717, 1.165) is 16.1 Å². The van der Waals surface area contributed by atoms with Crippen LogP contribution in [-0.2, 0) is 4.79 Å². The van der Waals surface area contributed by atoms with Crippen LogP contribution in [0, 0.1) is 0 Å².